The Balaban J connectivity index is 1.70. The van der Waals surface area contributed by atoms with Crippen LogP contribution in [0.5, 0.6) is 11.5 Å². The highest BCUT2D eigenvalue weighted by Crippen LogP contribution is 2.41. The van der Waals surface area contributed by atoms with E-state index in [1.807, 2.05) is 20.8 Å². The lowest BCUT2D eigenvalue weighted by Gasteiger charge is -2.37. The van der Waals surface area contributed by atoms with Gasteiger partial charge in [0.2, 0.25) is 11.8 Å². The number of carbonyl (C=O) groups is 3. The highest BCUT2D eigenvalue weighted by Gasteiger charge is 2.37. The lowest BCUT2D eigenvalue weighted by molar-refractivity contribution is -0.131. The molecule has 1 aromatic heterocycles. The molecule has 46 heavy (non-hydrogen) atoms. The van der Waals surface area contributed by atoms with Crippen molar-refractivity contribution in [1.29, 1.82) is 0 Å². The maximum atomic E-state index is 13.9. The number of benzene rings is 1. The highest BCUT2D eigenvalue weighted by molar-refractivity contribution is 5.94. The minimum absolute atomic E-state index is 0.00311. The molecule has 1 atom stereocenters. The summed E-state index contributed by atoms with van der Waals surface area (Å²) >= 11 is 0. The molecule has 13 heteroatoms. The smallest absolute Gasteiger partial charge is 0.405 e. The van der Waals surface area contributed by atoms with Crippen molar-refractivity contribution >= 4 is 17.9 Å². The Morgan fingerprint density at radius 2 is 1.83 bits per heavy atom. The summed E-state index contributed by atoms with van der Waals surface area (Å²) in [5.41, 5.74) is 4.86. The Kier molecular flexibility index (Phi) is 11.2. The van der Waals surface area contributed by atoms with Crippen LogP contribution in [0, 0.1) is 16.7 Å². The molecule has 11 nitrogen and oxygen atoms in total. The predicted molar refractivity (Wildman–Crippen MR) is 165 cm³/mol. The van der Waals surface area contributed by atoms with Gasteiger partial charge < -0.3 is 34.6 Å². The first-order valence-corrected chi connectivity index (χ1v) is 15.8. The van der Waals surface area contributed by atoms with Crippen molar-refractivity contribution < 1.29 is 41.8 Å². The van der Waals surface area contributed by atoms with Crippen LogP contribution >= 0.6 is 0 Å². The molecule has 1 heterocycles. The number of nitrogens with one attached hydrogen (secondary N) is 1. The summed E-state index contributed by atoms with van der Waals surface area (Å²) in [6.07, 6.45) is 4.98. The third kappa shape index (κ3) is 9.80. The first kappa shape index (κ1) is 35.0. The molecule has 2 saturated carbocycles. The molecule has 2 aromatic rings. The Morgan fingerprint density at radius 1 is 1.13 bits per heavy atom. The van der Waals surface area contributed by atoms with E-state index >= 15 is 0 Å². The summed E-state index contributed by atoms with van der Waals surface area (Å²) in [7, 11) is 3.42. The minimum atomic E-state index is -3.05. The summed E-state index contributed by atoms with van der Waals surface area (Å²) < 4.78 is 48.3. The summed E-state index contributed by atoms with van der Waals surface area (Å²) in [6, 6.07) is 4.26. The fourth-order valence-electron chi connectivity index (χ4n) is 5.71. The van der Waals surface area contributed by atoms with Crippen molar-refractivity contribution in [3.8, 4) is 23.0 Å². The largest absolute Gasteiger partial charge is 0.489 e. The molecule has 0 bridgehead atoms. The average molecular weight is 649 g/mol. The average Bonchev–Trinajstić information content (AvgIpc) is 3.69. The van der Waals surface area contributed by atoms with Crippen LogP contribution in [0.1, 0.15) is 101 Å². The molecule has 2 aliphatic carbocycles. The minimum Gasteiger partial charge on any atom is -0.489 e. The third-order valence-electron chi connectivity index (χ3n) is 8.36. The van der Waals surface area contributed by atoms with Crippen molar-refractivity contribution in [3.63, 3.8) is 0 Å². The molecule has 3 amide bonds. The molecule has 2 aliphatic rings. The van der Waals surface area contributed by atoms with E-state index in [-0.39, 0.29) is 53.1 Å². The normalized spacial score (nSPS) is 16.9. The van der Waals surface area contributed by atoms with Gasteiger partial charge in [-0.1, -0.05) is 40.0 Å². The zero-order chi connectivity index (χ0) is 33.6. The number of nitrogens with two attached hydrogens (primary N) is 1. The Labute approximate surface area is 268 Å². The van der Waals surface area contributed by atoms with E-state index in [0.717, 1.165) is 44.9 Å². The molecular formula is C33H46F2N4O7. The van der Waals surface area contributed by atoms with E-state index in [2.05, 4.69) is 15.0 Å². The molecule has 4 rings (SSSR count). The van der Waals surface area contributed by atoms with Gasteiger partial charge >= 0.3 is 12.7 Å². The van der Waals surface area contributed by atoms with Crippen molar-refractivity contribution in [2.45, 2.75) is 91.3 Å². The first-order valence-electron chi connectivity index (χ1n) is 15.8. The Morgan fingerprint density at radius 3 is 2.41 bits per heavy atom. The fraction of sp³-hybridized carbons (Fsp3) is 0.636. The molecular weight excluding hydrogens is 602 g/mol. The van der Waals surface area contributed by atoms with Crippen LogP contribution in [-0.4, -0.2) is 61.6 Å². The topological polar surface area (TPSA) is 146 Å². The number of nitrogens with zero attached hydrogens (tertiary/aromatic N) is 2. The van der Waals surface area contributed by atoms with E-state index in [9.17, 15) is 23.2 Å². The number of carbonyl (C=O) groups excluding carboxylic acids is 3. The number of rotatable bonds is 14. The standard InChI is InChI=1S/C33H46F2N4O7/c1-32(2,3)16-24(45-31(36)42)27-26(28(41)37-19-33(13-7-6-8-14-33)17-25(40)39(4)5)38-29(46-27)21-11-12-22(44-30(34)35)23(15-21)43-18-20-9-10-20/h11-12,15,20,24,30H,6-10,13-14,16-19H2,1-5H3,(H2,36,42)(H,37,41)/t24-/m0/s1. The maximum absolute atomic E-state index is 13.9. The van der Waals surface area contributed by atoms with E-state index in [1.165, 1.54) is 18.2 Å². The van der Waals surface area contributed by atoms with Crippen LogP contribution in [0.4, 0.5) is 13.6 Å². The molecule has 3 N–H and O–H groups in total. The van der Waals surface area contributed by atoms with Gasteiger partial charge in [-0.05, 0) is 67.1 Å². The Hall–Kier alpha value is -3.90. The van der Waals surface area contributed by atoms with E-state index in [0.29, 0.717) is 24.5 Å². The quantitative estimate of drug-likeness (QED) is 0.237. The predicted octanol–water partition coefficient (Wildman–Crippen LogP) is 6.46. The molecule has 0 saturated heterocycles. The molecule has 0 radical (unpaired) electrons. The first-order chi connectivity index (χ1) is 21.6. The van der Waals surface area contributed by atoms with Crippen LogP contribution in [0.3, 0.4) is 0 Å². The summed E-state index contributed by atoms with van der Waals surface area (Å²) in [5, 5.41) is 2.98. The maximum Gasteiger partial charge on any atom is 0.405 e. The van der Waals surface area contributed by atoms with Crippen LogP contribution in [-0.2, 0) is 9.53 Å². The van der Waals surface area contributed by atoms with Crippen LogP contribution in [0.2, 0.25) is 0 Å². The van der Waals surface area contributed by atoms with E-state index in [1.54, 1.807) is 19.0 Å². The SMILES string of the molecule is CN(C)C(=O)CC1(CNC(=O)c2nc(-c3ccc(OC(F)F)c(OCC4CC4)c3)oc2[C@H](CC(C)(C)C)OC(N)=O)CCCCC1. The number of hydrogen-bond acceptors (Lipinski definition) is 8. The molecule has 1 aromatic carbocycles. The molecule has 2 fully saturated rings. The number of aromatic nitrogens is 1. The third-order valence-corrected chi connectivity index (χ3v) is 8.36. The lowest BCUT2D eigenvalue weighted by Crippen LogP contribution is -2.42. The second kappa shape index (κ2) is 14.7. The van der Waals surface area contributed by atoms with Gasteiger partial charge in [0.15, 0.2) is 29.1 Å². The monoisotopic (exact) mass is 648 g/mol. The van der Waals surface area contributed by atoms with E-state index < -0.39 is 30.1 Å². The van der Waals surface area contributed by atoms with Crippen LogP contribution in [0.25, 0.3) is 11.5 Å². The van der Waals surface area contributed by atoms with Gasteiger partial charge in [0.05, 0.1) is 6.61 Å². The van der Waals surface area contributed by atoms with Crippen LogP contribution in [0.15, 0.2) is 22.6 Å². The van der Waals surface area contributed by atoms with Gasteiger partial charge in [0.1, 0.15) is 0 Å². The van der Waals surface area contributed by atoms with Crippen molar-refractivity contribution in [2.24, 2.45) is 22.5 Å². The second-order valence-corrected chi connectivity index (χ2v) is 13.9. The highest BCUT2D eigenvalue weighted by atomic mass is 19.3. The zero-order valence-corrected chi connectivity index (χ0v) is 27.3. The van der Waals surface area contributed by atoms with Gasteiger partial charge in [-0.2, -0.15) is 8.78 Å². The molecule has 0 unspecified atom stereocenters. The van der Waals surface area contributed by atoms with Gasteiger partial charge in [-0.3, -0.25) is 9.59 Å². The summed E-state index contributed by atoms with van der Waals surface area (Å²) in [5.74, 6) is -0.312. The fourth-order valence-corrected chi connectivity index (χ4v) is 5.71. The number of amides is 3. The van der Waals surface area contributed by atoms with Gasteiger partial charge in [0.25, 0.3) is 5.91 Å². The summed E-state index contributed by atoms with van der Waals surface area (Å²) in [6.45, 7) is 3.32. The molecule has 0 aliphatic heterocycles. The lowest BCUT2D eigenvalue weighted by atomic mass is 9.71. The number of hydrogen-bond donors (Lipinski definition) is 2. The number of alkyl halides is 2. The van der Waals surface area contributed by atoms with Crippen molar-refractivity contribution in [3.05, 3.63) is 29.7 Å². The van der Waals surface area contributed by atoms with Gasteiger partial charge in [-0.25, -0.2) is 9.78 Å². The molecule has 0 spiro atoms. The van der Waals surface area contributed by atoms with Crippen LogP contribution < -0.4 is 20.5 Å². The van der Waals surface area contributed by atoms with Gasteiger partial charge in [-0.15, -0.1) is 0 Å². The molecule has 254 valence electrons. The van der Waals surface area contributed by atoms with Crippen molar-refractivity contribution in [2.75, 3.05) is 27.2 Å². The Bertz CT molecular complexity index is 1380. The van der Waals surface area contributed by atoms with Crippen molar-refractivity contribution in [1.82, 2.24) is 15.2 Å². The zero-order valence-electron chi connectivity index (χ0n) is 27.3. The van der Waals surface area contributed by atoms with Gasteiger partial charge in [0, 0.05) is 32.6 Å². The number of ether oxygens (including phenoxy) is 3. The second-order valence-electron chi connectivity index (χ2n) is 13.9. The number of halogens is 2. The number of oxazole rings is 1. The number of primary amides is 1. The summed E-state index contributed by atoms with van der Waals surface area (Å²) in [4.78, 5) is 44.6. The van der Waals surface area contributed by atoms with E-state index in [4.69, 9.17) is 19.6 Å².